The van der Waals surface area contributed by atoms with Gasteiger partial charge in [0.2, 0.25) is 0 Å². The van der Waals surface area contributed by atoms with Gasteiger partial charge in [0.15, 0.2) is 0 Å². The maximum Gasteiger partial charge on any atom is 0.338 e. The Balaban J connectivity index is 3.34. The smallest absolute Gasteiger partial charge is 0.338 e. The molecule has 0 aliphatic rings. The largest absolute Gasteiger partial charge is 0.478 e. The van der Waals surface area contributed by atoms with Gasteiger partial charge in [-0.3, -0.25) is 10.1 Å². The fourth-order valence-electron chi connectivity index (χ4n) is 1.72. The third-order valence-corrected chi connectivity index (χ3v) is 2.67. The molecule has 0 saturated carbocycles. The van der Waals surface area contributed by atoms with Crippen molar-refractivity contribution in [2.45, 2.75) is 6.92 Å². The molecule has 1 rings (SSSR count). The van der Waals surface area contributed by atoms with Crippen molar-refractivity contribution in [2.75, 3.05) is 18.5 Å². The Morgan fingerprint density at radius 3 is 2.70 bits per heavy atom. The summed E-state index contributed by atoms with van der Waals surface area (Å²) in [5.41, 5.74) is -1.24. The van der Waals surface area contributed by atoms with Gasteiger partial charge >= 0.3 is 5.97 Å². The molecule has 0 aromatic heterocycles. The number of nitriles is 1. The van der Waals surface area contributed by atoms with Crippen molar-refractivity contribution >= 4 is 17.3 Å². The number of nitrogens with zero attached hydrogens (tertiary/aromatic N) is 3. The molecule has 1 N–H and O–H groups in total. The van der Waals surface area contributed by atoms with Crippen molar-refractivity contribution < 1.29 is 19.2 Å². The van der Waals surface area contributed by atoms with Crippen molar-refractivity contribution in [3.63, 3.8) is 0 Å². The van der Waals surface area contributed by atoms with E-state index >= 15 is 0 Å². The van der Waals surface area contributed by atoms with E-state index < -0.39 is 33.9 Å². The van der Waals surface area contributed by atoms with Crippen molar-refractivity contribution in [3.05, 3.63) is 33.6 Å². The maximum atomic E-state index is 13.5. The summed E-state index contributed by atoms with van der Waals surface area (Å²) in [5, 5.41) is 28.5. The van der Waals surface area contributed by atoms with Gasteiger partial charge < -0.3 is 10.0 Å². The van der Waals surface area contributed by atoms with E-state index in [0.29, 0.717) is 6.07 Å². The van der Waals surface area contributed by atoms with Crippen LogP contribution in [-0.4, -0.2) is 29.6 Å². The van der Waals surface area contributed by atoms with E-state index in [0.717, 1.165) is 6.07 Å². The number of hydrogen-bond acceptors (Lipinski definition) is 5. The number of nitro benzene ring substituents is 1. The van der Waals surface area contributed by atoms with Crippen LogP contribution in [0.4, 0.5) is 15.8 Å². The highest BCUT2D eigenvalue weighted by Gasteiger charge is 2.24. The summed E-state index contributed by atoms with van der Waals surface area (Å²) in [5.74, 6) is -3.10. The molecular formula is C12H12FN3O4. The number of carbonyl (C=O) groups is 1. The number of hydrogen-bond donors (Lipinski definition) is 1. The van der Waals surface area contributed by atoms with Crippen molar-refractivity contribution in [2.24, 2.45) is 5.92 Å². The molecule has 1 aromatic rings. The Kier molecular flexibility index (Phi) is 4.59. The van der Waals surface area contributed by atoms with Crippen molar-refractivity contribution in [1.29, 1.82) is 5.26 Å². The molecule has 1 atom stereocenters. The van der Waals surface area contributed by atoms with E-state index in [1.54, 1.807) is 6.92 Å². The molecule has 1 unspecified atom stereocenters. The zero-order valence-corrected chi connectivity index (χ0v) is 10.8. The van der Waals surface area contributed by atoms with Gasteiger partial charge in [-0.05, 0) is 13.0 Å². The fourth-order valence-corrected chi connectivity index (χ4v) is 1.72. The molecule has 106 valence electrons. The minimum atomic E-state index is -1.51. The monoisotopic (exact) mass is 281 g/mol. The number of nitro groups is 1. The summed E-state index contributed by atoms with van der Waals surface area (Å²) in [6, 6.07) is 3.44. The topological polar surface area (TPSA) is 107 Å². The van der Waals surface area contributed by atoms with Crippen LogP contribution in [0.3, 0.4) is 0 Å². The van der Waals surface area contributed by atoms with Gasteiger partial charge in [0.1, 0.15) is 11.5 Å². The lowest BCUT2D eigenvalue weighted by molar-refractivity contribution is -0.384. The third kappa shape index (κ3) is 3.20. The molecule has 8 heteroatoms. The van der Waals surface area contributed by atoms with Gasteiger partial charge in [0.25, 0.3) is 5.69 Å². The lowest BCUT2D eigenvalue weighted by atomic mass is 10.1. The zero-order chi connectivity index (χ0) is 15.4. The molecule has 0 aliphatic carbocycles. The number of anilines is 1. The number of carboxylic acid groups (broad SMARTS) is 1. The number of rotatable bonds is 5. The van der Waals surface area contributed by atoms with Crippen LogP contribution < -0.4 is 4.90 Å². The second-order valence-corrected chi connectivity index (χ2v) is 4.29. The summed E-state index contributed by atoms with van der Waals surface area (Å²) in [6.07, 6.45) is 0. The minimum absolute atomic E-state index is 0.0455. The fraction of sp³-hybridized carbons (Fsp3) is 0.333. The maximum absolute atomic E-state index is 13.5. The second-order valence-electron chi connectivity index (χ2n) is 4.29. The van der Waals surface area contributed by atoms with E-state index in [1.165, 1.54) is 11.9 Å². The zero-order valence-electron chi connectivity index (χ0n) is 10.8. The summed E-state index contributed by atoms with van der Waals surface area (Å²) in [7, 11) is 1.47. The van der Waals surface area contributed by atoms with Gasteiger partial charge in [-0.2, -0.15) is 5.26 Å². The Morgan fingerprint density at radius 2 is 2.25 bits per heavy atom. The lowest BCUT2D eigenvalue weighted by Gasteiger charge is -2.20. The van der Waals surface area contributed by atoms with Crippen LogP contribution in [0.2, 0.25) is 0 Å². The van der Waals surface area contributed by atoms with E-state index in [-0.39, 0.29) is 12.2 Å². The van der Waals surface area contributed by atoms with E-state index in [4.69, 9.17) is 10.4 Å². The molecular weight excluding hydrogens is 269 g/mol. The van der Waals surface area contributed by atoms with Gasteiger partial charge in [-0.25, -0.2) is 9.18 Å². The molecule has 0 saturated heterocycles. The Bertz CT molecular complexity index is 597. The van der Waals surface area contributed by atoms with E-state index in [2.05, 4.69) is 0 Å². The summed E-state index contributed by atoms with van der Waals surface area (Å²) < 4.78 is 13.5. The predicted molar refractivity (Wildman–Crippen MR) is 68.1 cm³/mol. The van der Waals surface area contributed by atoms with Crippen molar-refractivity contribution in [1.82, 2.24) is 0 Å². The average molecular weight is 281 g/mol. The molecule has 0 amide bonds. The Morgan fingerprint density at radius 1 is 1.65 bits per heavy atom. The number of aromatic carboxylic acids is 1. The molecule has 20 heavy (non-hydrogen) atoms. The molecule has 0 spiro atoms. The first-order valence-electron chi connectivity index (χ1n) is 5.60. The Labute approximate surface area is 114 Å². The van der Waals surface area contributed by atoms with Crippen LogP contribution >= 0.6 is 0 Å². The second kappa shape index (κ2) is 5.97. The predicted octanol–water partition coefficient (Wildman–Crippen LogP) is 2.03. The summed E-state index contributed by atoms with van der Waals surface area (Å²) in [4.78, 5) is 22.4. The van der Waals surface area contributed by atoms with Gasteiger partial charge in [-0.15, -0.1) is 0 Å². The first-order chi connectivity index (χ1) is 9.27. The minimum Gasteiger partial charge on any atom is -0.478 e. The number of halogens is 1. The molecule has 0 fully saturated rings. The van der Waals surface area contributed by atoms with E-state index in [9.17, 15) is 19.3 Å². The van der Waals surface area contributed by atoms with Gasteiger partial charge in [-0.1, -0.05) is 0 Å². The van der Waals surface area contributed by atoms with Crippen molar-refractivity contribution in [3.8, 4) is 6.07 Å². The molecule has 7 nitrogen and oxygen atoms in total. The van der Waals surface area contributed by atoms with Crippen LogP contribution in [-0.2, 0) is 0 Å². The molecule has 0 heterocycles. The van der Waals surface area contributed by atoms with Crippen LogP contribution in [0.25, 0.3) is 0 Å². The number of carboxylic acids is 1. The highest BCUT2D eigenvalue weighted by Crippen LogP contribution is 2.31. The standard InChI is InChI=1S/C12H12FN3O4/c1-7(5-14)6-15(2)10-3-8(12(17)18)9(13)4-11(10)16(19)20/h3-4,7H,6H2,1-2H3,(H,17,18). The normalized spacial score (nSPS) is 11.5. The van der Waals surface area contributed by atoms with E-state index in [1.807, 2.05) is 6.07 Å². The lowest BCUT2D eigenvalue weighted by Crippen LogP contribution is -2.24. The highest BCUT2D eigenvalue weighted by atomic mass is 19.1. The highest BCUT2D eigenvalue weighted by molar-refractivity contribution is 5.90. The summed E-state index contributed by atoms with van der Waals surface area (Å²) >= 11 is 0. The SMILES string of the molecule is CC(C#N)CN(C)c1cc(C(=O)O)c(F)cc1[N+](=O)[O-]. The first kappa shape index (κ1) is 15.4. The van der Waals surface area contributed by atoms with Gasteiger partial charge in [0.05, 0.1) is 28.5 Å². The molecule has 0 radical (unpaired) electrons. The molecule has 0 bridgehead atoms. The van der Waals surface area contributed by atoms with Gasteiger partial charge in [0, 0.05) is 13.6 Å². The summed E-state index contributed by atoms with van der Waals surface area (Å²) in [6.45, 7) is 1.77. The average Bonchev–Trinajstić information content (AvgIpc) is 2.37. The quantitative estimate of drug-likeness (QED) is 0.653. The third-order valence-electron chi connectivity index (χ3n) is 2.67. The molecule has 1 aromatic carbocycles. The van der Waals surface area contributed by atoms with Crippen LogP contribution in [0.15, 0.2) is 12.1 Å². The van der Waals surface area contributed by atoms with Crippen LogP contribution in [0.1, 0.15) is 17.3 Å². The molecule has 0 aliphatic heterocycles. The number of benzene rings is 1. The Hall–Kier alpha value is -2.69. The van der Waals surface area contributed by atoms with Crippen LogP contribution in [0, 0.1) is 33.2 Å². The van der Waals surface area contributed by atoms with Crippen LogP contribution in [0.5, 0.6) is 0 Å². The first-order valence-corrected chi connectivity index (χ1v) is 5.60.